The van der Waals surface area contributed by atoms with Crippen LogP contribution in [0.3, 0.4) is 0 Å². The summed E-state index contributed by atoms with van der Waals surface area (Å²) < 4.78 is 6.04. The summed E-state index contributed by atoms with van der Waals surface area (Å²) in [6.07, 6.45) is 7.52. The van der Waals surface area contributed by atoms with Crippen molar-refractivity contribution < 1.29 is 14.0 Å². The van der Waals surface area contributed by atoms with Gasteiger partial charge in [-0.2, -0.15) is 4.98 Å². The molecular weight excluding hydrogens is 536 g/mol. The van der Waals surface area contributed by atoms with Crippen LogP contribution in [-0.2, 0) is 11.2 Å². The molecule has 2 amide bonds. The van der Waals surface area contributed by atoms with Gasteiger partial charge in [0.15, 0.2) is 5.76 Å². The van der Waals surface area contributed by atoms with E-state index in [2.05, 4.69) is 27.9 Å². The highest BCUT2D eigenvalue weighted by Crippen LogP contribution is 2.29. The van der Waals surface area contributed by atoms with Crippen molar-refractivity contribution >= 4 is 35.1 Å². The summed E-state index contributed by atoms with van der Waals surface area (Å²) in [5.74, 6) is 0.115. The molecule has 214 valence electrons. The van der Waals surface area contributed by atoms with Gasteiger partial charge in [0.2, 0.25) is 5.91 Å². The third-order valence-corrected chi connectivity index (χ3v) is 7.00. The number of hydrogen-bond donors (Lipinski definition) is 3. The van der Waals surface area contributed by atoms with E-state index in [1.165, 1.54) is 25.7 Å². The molecule has 0 fully saturated rings. The van der Waals surface area contributed by atoms with Gasteiger partial charge in [-0.05, 0) is 30.2 Å². The van der Waals surface area contributed by atoms with Crippen LogP contribution in [0.25, 0.3) is 11.3 Å². The van der Waals surface area contributed by atoms with Crippen LogP contribution in [0.2, 0.25) is 5.02 Å². The zero-order chi connectivity index (χ0) is 28.9. The Morgan fingerprint density at radius 3 is 2.34 bits per heavy atom. The lowest BCUT2D eigenvalue weighted by Crippen LogP contribution is -2.25. The van der Waals surface area contributed by atoms with Crippen molar-refractivity contribution in [1.82, 2.24) is 10.3 Å². The van der Waals surface area contributed by atoms with Crippen molar-refractivity contribution in [3.63, 3.8) is 0 Å². The lowest BCUT2D eigenvalue weighted by molar-refractivity contribution is -0.114. The highest BCUT2D eigenvalue weighted by atomic mass is 35.5. The first-order chi connectivity index (χ1) is 20.0. The number of benzene rings is 3. The number of unbranched alkanes of at least 4 members (excludes halogenated alkanes) is 5. The van der Waals surface area contributed by atoms with Crippen molar-refractivity contribution in [2.45, 2.75) is 51.9 Å². The topological polar surface area (TPSA) is 96.3 Å². The minimum Gasteiger partial charge on any atom is -0.423 e. The SMILES string of the molecule is CCCCCCCCNC(=O)c1ccc(Cl)c(NC(=O)CNc2nc(Cc3ccccc3)c(-c3ccccc3)o2)c1. The van der Waals surface area contributed by atoms with E-state index < -0.39 is 0 Å². The molecule has 0 saturated carbocycles. The molecule has 41 heavy (non-hydrogen) atoms. The van der Waals surface area contributed by atoms with E-state index >= 15 is 0 Å². The lowest BCUT2D eigenvalue weighted by Gasteiger charge is -2.10. The first-order valence-corrected chi connectivity index (χ1v) is 14.6. The molecule has 3 aromatic carbocycles. The summed E-state index contributed by atoms with van der Waals surface area (Å²) >= 11 is 6.32. The maximum absolute atomic E-state index is 12.8. The molecule has 7 nitrogen and oxygen atoms in total. The molecule has 0 saturated heterocycles. The van der Waals surface area contributed by atoms with Crippen LogP contribution in [0.15, 0.2) is 83.3 Å². The summed E-state index contributed by atoms with van der Waals surface area (Å²) in [4.78, 5) is 30.0. The Morgan fingerprint density at radius 2 is 1.59 bits per heavy atom. The quantitative estimate of drug-likeness (QED) is 0.127. The minimum absolute atomic E-state index is 0.0930. The van der Waals surface area contributed by atoms with E-state index in [-0.39, 0.29) is 24.4 Å². The van der Waals surface area contributed by atoms with Gasteiger partial charge in [0.05, 0.1) is 22.9 Å². The summed E-state index contributed by atoms with van der Waals surface area (Å²) in [6, 6.07) is 24.9. The Balaban J connectivity index is 1.34. The summed E-state index contributed by atoms with van der Waals surface area (Å²) in [5.41, 5.74) is 3.59. The van der Waals surface area contributed by atoms with E-state index in [9.17, 15) is 9.59 Å². The number of anilines is 2. The molecule has 0 aliphatic heterocycles. The molecule has 0 atom stereocenters. The van der Waals surface area contributed by atoms with Crippen molar-refractivity contribution in [2.75, 3.05) is 23.7 Å². The molecular formula is C33H37ClN4O3. The van der Waals surface area contributed by atoms with Gasteiger partial charge >= 0.3 is 0 Å². The predicted molar refractivity (Wildman–Crippen MR) is 165 cm³/mol. The van der Waals surface area contributed by atoms with Crippen LogP contribution in [0, 0.1) is 0 Å². The zero-order valence-electron chi connectivity index (χ0n) is 23.4. The molecule has 1 aromatic heterocycles. The van der Waals surface area contributed by atoms with E-state index in [1.54, 1.807) is 18.2 Å². The number of oxazole rings is 1. The highest BCUT2D eigenvalue weighted by Gasteiger charge is 2.17. The number of carbonyl (C=O) groups excluding carboxylic acids is 2. The van der Waals surface area contributed by atoms with Crippen molar-refractivity contribution in [3.8, 4) is 11.3 Å². The standard InChI is InChI=1S/C33H37ClN4O3/c1-2-3-4-5-6-13-20-35-32(40)26-18-19-27(34)28(22-26)37-30(39)23-36-33-38-29(21-24-14-9-7-10-15-24)31(41-33)25-16-11-8-12-17-25/h7-12,14-19,22H,2-6,13,20-21,23H2,1H3,(H,35,40)(H,36,38)(H,37,39). The third kappa shape index (κ3) is 9.22. The summed E-state index contributed by atoms with van der Waals surface area (Å²) in [6.45, 7) is 2.72. The van der Waals surface area contributed by atoms with Gasteiger partial charge in [0.1, 0.15) is 0 Å². The number of rotatable bonds is 15. The second kappa shape index (κ2) is 15.6. The summed E-state index contributed by atoms with van der Waals surface area (Å²) in [7, 11) is 0. The van der Waals surface area contributed by atoms with Crippen LogP contribution < -0.4 is 16.0 Å². The average Bonchev–Trinajstić information content (AvgIpc) is 3.40. The predicted octanol–water partition coefficient (Wildman–Crippen LogP) is 7.73. The second-order valence-corrected chi connectivity index (χ2v) is 10.4. The Kier molecular flexibility index (Phi) is 11.4. The number of amides is 2. The van der Waals surface area contributed by atoms with Crippen molar-refractivity contribution in [3.05, 3.63) is 101 Å². The monoisotopic (exact) mass is 572 g/mol. The lowest BCUT2D eigenvalue weighted by atomic mass is 10.1. The third-order valence-electron chi connectivity index (χ3n) is 6.67. The fourth-order valence-corrected chi connectivity index (χ4v) is 4.64. The molecule has 0 radical (unpaired) electrons. The maximum Gasteiger partial charge on any atom is 0.295 e. The Bertz CT molecular complexity index is 1410. The average molecular weight is 573 g/mol. The number of nitrogens with zero attached hydrogens (tertiary/aromatic N) is 1. The molecule has 4 rings (SSSR count). The molecule has 0 unspecified atom stereocenters. The van der Waals surface area contributed by atoms with Gasteiger partial charge in [-0.25, -0.2) is 0 Å². The Labute approximate surface area is 246 Å². The van der Waals surface area contributed by atoms with Gasteiger partial charge in [-0.15, -0.1) is 0 Å². The van der Waals surface area contributed by atoms with Gasteiger partial charge in [0.25, 0.3) is 11.9 Å². The first kappa shape index (κ1) is 29.9. The fourth-order valence-electron chi connectivity index (χ4n) is 4.47. The van der Waals surface area contributed by atoms with E-state index in [1.807, 2.05) is 60.7 Å². The molecule has 3 N–H and O–H groups in total. The van der Waals surface area contributed by atoms with Crippen LogP contribution in [-0.4, -0.2) is 29.9 Å². The van der Waals surface area contributed by atoms with Crippen molar-refractivity contribution in [1.29, 1.82) is 0 Å². The van der Waals surface area contributed by atoms with Crippen LogP contribution in [0.4, 0.5) is 11.7 Å². The fraction of sp³-hybridized carbons (Fsp3) is 0.303. The normalized spacial score (nSPS) is 10.8. The number of nitrogens with one attached hydrogen (secondary N) is 3. The maximum atomic E-state index is 12.8. The van der Waals surface area contributed by atoms with Crippen LogP contribution in [0.5, 0.6) is 0 Å². The van der Waals surface area contributed by atoms with Gasteiger partial charge in [-0.3, -0.25) is 9.59 Å². The van der Waals surface area contributed by atoms with E-state index in [0.29, 0.717) is 35.0 Å². The van der Waals surface area contributed by atoms with Gasteiger partial charge in [0, 0.05) is 24.1 Å². The van der Waals surface area contributed by atoms with Crippen molar-refractivity contribution in [2.24, 2.45) is 0 Å². The second-order valence-electron chi connectivity index (χ2n) is 9.94. The minimum atomic E-state index is -0.347. The molecule has 0 bridgehead atoms. The molecule has 0 aliphatic carbocycles. The first-order valence-electron chi connectivity index (χ1n) is 14.2. The largest absolute Gasteiger partial charge is 0.423 e. The molecule has 0 spiro atoms. The van der Waals surface area contributed by atoms with E-state index in [0.717, 1.165) is 29.7 Å². The van der Waals surface area contributed by atoms with Crippen LogP contribution in [0.1, 0.15) is 67.1 Å². The number of carbonyl (C=O) groups is 2. The smallest absolute Gasteiger partial charge is 0.295 e. The van der Waals surface area contributed by atoms with Crippen LogP contribution >= 0.6 is 11.6 Å². The number of aromatic nitrogens is 1. The van der Waals surface area contributed by atoms with Gasteiger partial charge in [-0.1, -0.05) is 111 Å². The highest BCUT2D eigenvalue weighted by molar-refractivity contribution is 6.34. The molecule has 8 heteroatoms. The molecule has 0 aliphatic rings. The molecule has 4 aromatic rings. The van der Waals surface area contributed by atoms with Gasteiger partial charge < -0.3 is 20.4 Å². The summed E-state index contributed by atoms with van der Waals surface area (Å²) in [5, 5.41) is 9.05. The number of halogens is 1. The number of hydrogen-bond acceptors (Lipinski definition) is 5. The zero-order valence-corrected chi connectivity index (χ0v) is 24.2. The Hall–Kier alpha value is -4.10. The van der Waals surface area contributed by atoms with E-state index in [4.69, 9.17) is 16.0 Å². The molecule has 1 heterocycles. The Morgan fingerprint density at radius 1 is 0.878 bits per heavy atom.